The summed E-state index contributed by atoms with van der Waals surface area (Å²) in [6, 6.07) is 12.7. The maximum Gasteiger partial charge on any atom is 0.216 e. The maximum atomic E-state index is 12.6. The number of hydrogen-bond acceptors (Lipinski definition) is 5. The van der Waals surface area contributed by atoms with Gasteiger partial charge in [-0.2, -0.15) is 0 Å². The van der Waals surface area contributed by atoms with E-state index >= 15 is 0 Å². The lowest BCUT2D eigenvalue weighted by Gasteiger charge is -2.11. The molecule has 0 spiro atoms. The van der Waals surface area contributed by atoms with E-state index in [0.717, 1.165) is 11.3 Å². The highest BCUT2D eigenvalue weighted by atomic mass is 35.5. The zero-order chi connectivity index (χ0) is 22.4. The Morgan fingerprint density at radius 3 is 2.39 bits per heavy atom. The molecule has 0 aliphatic heterocycles. The van der Waals surface area contributed by atoms with Crippen LogP contribution < -0.4 is 5.32 Å². The van der Waals surface area contributed by atoms with Crippen LogP contribution in [0.15, 0.2) is 47.6 Å². The average Bonchev–Trinajstić information content (AvgIpc) is 3.12. The minimum atomic E-state index is -0.0750. The van der Waals surface area contributed by atoms with Crippen molar-refractivity contribution in [2.24, 2.45) is 0 Å². The summed E-state index contributed by atoms with van der Waals surface area (Å²) < 4.78 is 1.86. The van der Waals surface area contributed by atoms with Gasteiger partial charge in [-0.1, -0.05) is 64.8 Å². The highest BCUT2D eigenvalue weighted by Gasteiger charge is 2.17. The number of thioether (sulfide) groups is 1. The summed E-state index contributed by atoms with van der Waals surface area (Å²) >= 11 is 13.7. The number of carbonyl (C=O) groups is 2. The first-order chi connectivity index (χ1) is 14.8. The van der Waals surface area contributed by atoms with Gasteiger partial charge in [0.1, 0.15) is 5.82 Å². The fourth-order valence-electron chi connectivity index (χ4n) is 2.95. The Balaban J connectivity index is 1.82. The topological polar surface area (TPSA) is 76.9 Å². The quantitative estimate of drug-likeness (QED) is 0.269. The van der Waals surface area contributed by atoms with E-state index < -0.39 is 0 Å². The minimum absolute atomic E-state index is 0.0101. The molecule has 3 rings (SSSR count). The third-order valence-electron chi connectivity index (χ3n) is 4.46. The standard InChI is InChI=1S/C22H22Cl2N4O2S/c1-14-5-7-16(8-6-14)20(30)13-31-22-27-26-21(4-3-9-25-15(2)29)28(22)19-11-17(23)10-18(24)12-19/h5-8,10-12H,3-4,9,13H2,1-2H3,(H,25,29). The molecule has 1 aromatic heterocycles. The van der Waals surface area contributed by atoms with Gasteiger partial charge in [-0.15, -0.1) is 10.2 Å². The molecule has 0 radical (unpaired) electrons. The van der Waals surface area contributed by atoms with E-state index in [-0.39, 0.29) is 17.4 Å². The molecule has 0 aliphatic carbocycles. The molecule has 0 fully saturated rings. The minimum Gasteiger partial charge on any atom is -0.356 e. The van der Waals surface area contributed by atoms with Gasteiger partial charge < -0.3 is 5.32 Å². The summed E-state index contributed by atoms with van der Waals surface area (Å²) in [5.41, 5.74) is 2.48. The Bertz CT molecular complexity index is 1060. The van der Waals surface area contributed by atoms with Crippen molar-refractivity contribution in [1.29, 1.82) is 0 Å². The number of benzene rings is 2. The van der Waals surface area contributed by atoms with Crippen molar-refractivity contribution in [2.75, 3.05) is 12.3 Å². The second-order valence-electron chi connectivity index (χ2n) is 7.03. The van der Waals surface area contributed by atoms with Crippen LogP contribution in [-0.2, 0) is 11.2 Å². The number of nitrogens with one attached hydrogen (secondary N) is 1. The number of amides is 1. The molecule has 0 unspecified atom stereocenters. The Morgan fingerprint density at radius 2 is 1.74 bits per heavy atom. The fourth-order valence-corrected chi connectivity index (χ4v) is 4.33. The summed E-state index contributed by atoms with van der Waals surface area (Å²) in [5, 5.41) is 12.9. The maximum absolute atomic E-state index is 12.6. The summed E-state index contributed by atoms with van der Waals surface area (Å²) in [4.78, 5) is 23.7. The van der Waals surface area contributed by atoms with Crippen LogP contribution in [0.2, 0.25) is 10.0 Å². The van der Waals surface area contributed by atoms with Crippen LogP contribution in [-0.4, -0.2) is 38.8 Å². The molecule has 0 bridgehead atoms. The van der Waals surface area contributed by atoms with Crippen molar-refractivity contribution in [1.82, 2.24) is 20.1 Å². The van der Waals surface area contributed by atoms with Crippen molar-refractivity contribution in [3.63, 3.8) is 0 Å². The molecule has 3 aromatic rings. The van der Waals surface area contributed by atoms with E-state index in [9.17, 15) is 9.59 Å². The van der Waals surface area contributed by atoms with Crippen LogP contribution >= 0.6 is 35.0 Å². The summed E-state index contributed by atoms with van der Waals surface area (Å²) in [5.74, 6) is 0.861. The first-order valence-corrected chi connectivity index (χ1v) is 11.5. The van der Waals surface area contributed by atoms with Gasteiger partial charge in [0, 0.05) is 35.5 Å². The molecule has 0 saturated carbocycles. The highest BCUT2D eigenvalue weighted by molar-refractivity contribution is 7.99. The van der Waals surface area contributed by atoms with Crippen LogP contribution in [0.1, 0.15) is 35.1 Å². The molecule has 0 aliphatic rings. The molecule has 1 amide bonds. The van der Waals surface area contributed by atoms with E-state index in [2.05, 4.69) is 15.5 Å². The molecule has 0 atom stereocenters. The number of ketones is 1. The molecule has 162 valence electrons. The number of nitrogens with zero attached hydrogens (tertiary/aromatic N) is 3. The predicted molar refractivity (Wildman–Crippen MR) is 125 cm³/mol. The van der Waals surface area contributed by atoms with Gasteiger partial charge in [-0.05, 0) is 31.5 Å². The SMILES string of the molecule is CC(=O)NCCCc1nnc(SCC(=O)c2ccc(C)cc2)n1-c1cc(Cl)cc(Cl)c1. The number of rotatable bonds is 9. The number of halogens is 2. The molecule has 0 saturated heterocycles. The van der Waals surface area contributed by atoms with Gasteiger partial charge in [0.2, 0.25) is 5.91 Å². The van der Waals surface area contributed by atoms with Crippen molar-refractivity contribution < 1.29 is 9.59 Å². The van der Waals surface area contributed by atoms with Crippen LogP contribution in [0.25, 0.3) is 5.69 Å². The highest BCUT2D eigenvalue weighted by Crippen LogP contribution is 2.28. The smallest absolute Gasteiger partial charge is 0.216 e. The molecule has 9 heteroatoms. The summed E-state index contributed by atoms with van der Waals surface area (Å²) in [7, 11) is 0. The van der Waals surface area contributed by atoms with E-state index in [1.165, 1.54) is 18.7 Å². The van der Waals surface area contributed by atoms with Gasteiger partial charge in [-0.3, -0.25) is 14.2 Å². The van der Waals surface area contributed by atoms with Gasteiger partial charge in [0.25, 0.3) is 0 Å². The lowest BCUT2D eigenvalue weighted by Crippen LogP contribution is -2.21. The van der Waals surface area contributed by atoms with E-state index in [1.54, 1.807) is 18.2 Å². The molecular formula is C22H22Cl2N4O2S. The molecule has 31 heavy (non-hydrogen) atoms. The monoisotopic (exact) mass is 476 g/mol. The normalized spacial score (nSPS) is 10.8. The number of aryl methyl sites for hydroxylation is 2. The van der Waals surface area contributed by atoms with E-state index in [0.29, 0.717) is 46.0 Å². The van der Waals surface area contributed by atoms with Crippen LogP contribution in [0, 0.1) is 6.92 Å². The van der Waals surface area contributed by atoms with Gasteiger partial charge >= 0.3 is 0 Å². The number of carbonyl (C=O) groups excluding carboxylic acids is 2. The zero-order valence-corrected chi connectivity index (χ0v) is 19.5. The van der Waals surface area contributed by atoms with Crippen molar-refractivity contribution in [3.8, 4) is 5.69 Å². The van der Waals surface area contributed by atoms with Crippen LogP contribution in [0.3, 0.4) is 0 Å². The number of Topliss-reactive ketones (excluding diaryl/α,β-unsaturated/α-hetero) is 1. The Kier molecular flexibility index (Phi) is 8.12. The molecule has 6 nitrogen and oxygen atoms in total. The van der Waals surface area contributed by atoms with E-state index in [1.807, 2.05) is 35.8 Å². The lowest BCUT2D eigenvalue weighted by atomic mass is 10.1. The third kappa shape index (κ3) is 6.56. The Morgan fingerprint density at radius 1 is 1.06 bits per heavy atom. The summed E-state index contributed by atoms with van der Waals surface area (Å²) in [6.45, 7) is 4.00. The first-order valence-electron chi connectivity index (χ1n) is 9.71. The van der Waals surface area contributed by atoms with Gasteiger partial charge in [0.05, 0.1) is 11.4 Å². The van der Waals surface area contributed by atoms with Crippen molar-refractivity contribution in [2.45, 2.75) is 31.8 Å². The summed E-state index contributed by atoms with van der Waals surface area (Å²) in [6.07, 6.45) is 1.28. The largest absolute Gasteiger partial charge is 0.356 e. The lowest BCUT2D eigenvalue weighted by molar-refractivity contribution is -0.118. The number of aromatic nitrogens is 3. The van der Waals surface area contributed by atoms with Crippen LogP contribution in [0.4, 0.5) is 0 Å². The molecule has 1 heterocycles. The van der Waals surface area contributed by atoms with E-state index in [4.69, 9.17) is 23.2 Å². The Hall–Kier alpha value is -2.35. The Labute approximate surface area is 195 Å². The average molecular weight is 477 g/mol. The van der Waals surface area contributed by atoms with Crippen molar-refractivity contribution >= 4 is 46.7 Å². The molecule has 1 N–H and O–H groups in total. The van der Waals surface area contributed by atoms with Crippen LogP contribution in [0.5, 0.6) is 0 Å². The number of hydrogen-bond donors (Lipinski definition) is 1. The second-order valence-corrected chi connectivity index (χ2v) is 8.84. The first kappa shape index (κ1) is 23.3. The van der Waals surface area contributed by atoms with Crippen molar-refractivity contribution in [3.05, 3.63) is 69.5 Å². The zero-order valence-electron chi connectivity index (χ0n) is 17.2. The fraction of sp³-hybridized carbons (Fsp3) is 0.273. The third-order valence-corrected chi connectivity index (χ3v) is 5.83. The van der Waals surface area contributed by atoms with Gasteiger partial charge in [0.15, 0.2) is 10.9 Å². The molecule has 2 aromatic carbocycles. The van der Waals surface area contributed by atoms with Gasteiger partial charge in [-0.25, -0.2) is 0 Å². The predicted octanol–water partition coefficient (Wildman–Crippen LogP) is 4.93. The second kappa shape index (κ2) is 10.8. The molecular weight excluding hydrogens is 455 g/mol.